The first kappa shape index (κ1) is 14.5. The molecule has 0 bridgehead atoms. The first-order valence-corrected chi connectivity index (χ1v) is 7.87. The van der Waals surface area contributed by atoms with Gasteiger partial charge < -0.3 is 5.32 Å². The molecule has 0 saturated carbocycles. The van der Waals surface area contributed by atoms with Crippen molar-refractivity contribution in [2.24, 2.45) is 0 Å². The van der Waals surface area contributed by atoms with Crippen molar-refractivity contribution in [3.8, 4) is 0 Å². The maximum atomic E-state index is 11.6. The van der Waals surface area contributed by atoms with Crippen LogP contribution in [0.15, 0.2) is 21.3 Å². The quantitative estimate of drug-likeness (QED) is 0.617. The Kier molecular flexibility index (Phi) is 6.61. The maximum Gasteiger partial charge on any atom is 0.233 e. The Labute approximate surface area is 114 Å². The number of nitrogens with zero attached hydrogens (tertiary/aromatic N) is 2. The van der Waals surface area contributed by atoms with Gasteiger partial charge in [0.2, 0.25) is 5.91 Å². The van der Waals surface area contributed by atoms with Gasteiger partial charge in [0.25, 0.3) is 0 Å². The summed E-state index contributed by atoms with van der Waals surface area (Å²) in [6.45, 7) is 7.98. The smallest absolute Gasteiger partial charge is 0.233 e. The third kappa shape index (κ3) is 5.10. The highest BCUT2D eigenvalue weighted by molar-refractivity contribution is 8.03. The summed E-state index contributed by atoms with van der Waals surface area (Å²) < 4.78 is 1.79. The van der Waals surface area contributed by atoms with E-state index >= 15 is 0 Å². The molecule has 0 fully saturated rings. The number of thioether (sulfide) groups is 2. The maximum absolute atomic E-state index is 11.6. The summed E-state index contributed by atoms with van der Waals surface area (Å²) in [4.78, 5) is 11.6. The Bertz CT molecular complexity index is 381. The summed E-state index contributed by atoms with van der Waals surface area (Å²) in [5, 5.41) is 10.7. The van der Waals surface area contributed by atoms with Crippen molar-refractivity contribution >= 4 is 40.8 Å². The Hall–Kier alpha value is -0.530. The number of hydrogen-bond donors (Lipinski definition) is 1. The normalized spacial score (nSPS) is 12.1. The molecule has 1 unspecified atom stereocenters. The highest BCUT2D eigenvalue weighted by Crippen LogP contribution is 2.30. The topological polar surface area (TPSA) is 54.9 Å². The first-order chi connectivity index (χ1) is 8.17. The Morgan fingerprint density at radius 3 is 2.94 bits per heavy atom. The molecule has 1 aromatic heterocycles. The van der Waals surface area contributed by atoms with Crippen LogP contribution in [0.3, 0.4) is 0 Å². The van der Waals surface area contributed by atoms with Gasteiger partial charge in [-0.15, -0.1) is 16.8 Å². The lowest BCUT2D eigenvalue weighted by molar-refractivity contribution is -0.120. The van der Waals surface area contributed by atoms with E-state index in [1.165, 1.54) is 23.1 Å². The first-order valence-electron chi connectivity index (χ1n) is 5.19. The fourth-order valence-electron chi connectivity index (χ4n) is 0.948. The number of amides is 1. The molecule has 1 atom stereocenters. The van der Waals surface area contributed by atoms with Crippen LogP contribution < -0.4 is 5.32 Å². The molecule has 0 spiro atoms. The summed E-state index contributed by atoms with van der Waals surface area (Å²) in [5.41, 5.74) is 0. The van der Waals surface area contributed by atoms with Crippen molar-refractivity contribution in [1.82, 2.24) is 15.5 Å². The van der Waals surface area contributed by atoms with Gasteiger partial charge >= 0.3 is 0 Å². The number of carbonyl (C=O) groups excluding carboxylic acids is 1. The van der Waals surface area contributed by atoms with Crippen LogP contribution in [-0.4, -0.2) is 33.7 Å². The van der Waals surface area contributed by atoms with Crippen molar-refractivity contribution in [3.63, 3.8) is 0 Å². The van der Waals surface area contributed by atoms with Crippen molar-refractivity contribution in [2.75, 3.05) is 12.3 Å². The summed E-state index contributed by atoms with van der Waals surface area (Å²) in [6, 6.07) is 0. The number of nitrogens with one attached hydrogen (secondary N) is 1. The minimum absolute atomic E-state index is 0.00482. The molecule has 17 heavy (non-hydrogen) atoms. The Balaban J connectivity index is 2.46. The van der Waals surface area contributed by atoms with Crippen LogP contribution in [0, 0.1) is 0 Å². The van der Waals surface area contributed by atoms with Gasteiger partial charge in [-0.3, -0.25) is 4.79 Å². The lowest BCUT2D eigenvalue weighted by Crippen LogP contribution is -2.30. The SMILES string of the molecule is C=CCNC(=O)C(C)Sc1nnc(SCC)s1. The fraction of sp³-hybridized carbons (Fsp3) is 0.500. The zero-order chi connectivity index (χ0) is 12.7. The fourth-order valence-corrected chi connectivity index (χ4v) is 4.03. The summed E-state index contributed by atoms with van der Waals surface area (Å²) >= 11 is 4.63. The predicted molar refractivity (Wildman–Crippen MR) is 74.8 cm³/mol. The van der Waals surface area contributed by atoms with E-state index in [1.54, 1.807) is 17.8 Å². The molecule has 1 amide bonds. The van der Waals surface area contributed by atoms with Gasteiger partial charge in [-0.05, 0) is 12.7 Å². The predicted octanol–water partition coefficient (Wildman–Crippen LogP) is 2.43. The van der Waals surface area contributed by atoms with Crippen LogP contribution in [0.5, 0.6) is 0 Å². The standard InChI is InChI=1S/C10H15N3OS3/c1-4-6-11-8(14)7(3)16-10-13-12-9(17-10)15-5-2/h4,7H,1,5-6H2,2-3H3,(H,11,14). The highest BCUT2D eigenvalue weighted by atomic mass is 32.2. The molecule has 1 heterocycles. The van der Waals surface area contributed by atoms with Crippen LogP contribution >= 0.6 is 34.9 Å². The molecule has 0 saturated heterocycles. The number of hydrogen-bond acceptors (Lipinski definition) is 6. The highest BCUT2D eigenvalue weighted by Gasteiger charge is 2.16. The molecule has 0 aliphatic heterocycles. The van der Waals surface area contributed by atoms with E-state index in [4.69, 9.17) is 0 Å². The second-order valence-electron chi connectivity index (χ2n) is 3.06. The van der Waals surface area contributed by atoms with E-state index in [0.29, 0.717) is 6.54 Å². The minimum Gasteiger partial charge on any atom is -0.352 e. The molecule has 4 nitrogen and oxygen atoms in total. The van der Waals surface area contributed by atoms with Crippen molar-refractivity contribution < 1.29 is 4.79 Å². The molecule has 0 radical (unpaired) electrons. The zero-order valence-electron chi connectivity index (χ0n) is 9.80. The van der Waals surface area contributed by atoms with Gasteiger partial charge in [-0.25, -0.2) is 0 Å². The van der Waals surface area contributed by atoms with Crippen molar-refractivity contribution in [1.29, 1.82) is 0 Å². The minimum atomic E-state index is -0.164. The second-order valence-corrected chi connectivity index (χ2v) is 7.14. The van der Waals surface area contributed by atoms with Gasteiger partial charge in [0.05, 0.1) is 5.25 Å². The van der Waals surface area contributed by atoms with E-state index in [-0.39, 0.29) is 11.2 Å². The van der Waals surface area contributed by atoms with Crippen LogP contribution in [0.1, 0.15) is 13.8 Å². The Morgan fingerprint density at radius 1 is 1.59 bits per heavy atom. The van der Waals surface area contributed by atoms with Crippen LogP contribution in [0.2, 0.25) is 0 Å². The van der Waals surface area contributed by atoms with Gasteiger partial charge in [-0.1, -0.05) is 47.9 Å². The van der Waals surface area contributed by atoms with E-state index in [9.17, 15) is 4.79 Å². The monoisotopic (exact) mass is 289 g/mol. The molecule has 1 aromatic rings. The molecule has 0 aromatic carbocycles. The van der Waals surface area contributed by atoms with Gasteiger partial charge in [0.1, 0.15) is 0 Å². The Morgan fingerprint density at radius 2 is 2.29 bits per heavy atom. The molecule has 1 N–H and O–H groups in total. The van der Waals surface area contributed by atoms with Crippen LogP contribution in [0.4, 0.5) is 0 Å². The van der Waals surface area contributed by atoms with E-state index in [2.05, 4.69) is 29.0 Å². The summed E-state index contributed by atoms with van der Waals surface area (Å²) in [7, 11) is 0. The summed E-state index contributed by atoms with van der Waals surface area (Å²) in [6.07, 6.45) is 1.66. The second kappa shape index (κ2) is 7.73. The molecular weight excluding hydrogens is 274 g/mol. The van der Waals surface area contributed by atoms with E-state index in [1.807, 2.05) is 6.92 Å². The number of aromatic nitrogens is 2. The van der Waals surface area contributed by atoms with E-state index < -0.39 is 0 Å². The van der Waals surface area contributed by atoms with Gasteiger partial charge in [0, 0.05) is 6.54 Å². The van der Waals surface area contributed by atoms with Gasteiger partial charge in [-0.2, -0.15) is 0 Å². The number of carbonyl (C=O) groups is 1. The molecular formula is C10H15N3OS3. The molecule has 0 aliphatic carbocycles. The summed E-state index contributed by atoms with van der Waals surface area (Å²) in [5.74, 6) is 0.976. The van der Waals surface area contributed by atoms with Crippen LogP contribution in [-0.2, 0) is 4.79 Å². The lowest BCUT2D eigenvalue weighted by atomic mass is 10.4. The molecule has 0 aliphatic rings. The molecule has 7 heteroatoms. The van der Waals surface area contributed by atoms with Crippen molar-refractivity contribution in [3.05, 3.63) is 12.7 Å². The lowest BCUT2D eigenvalue weighted by Gasteiger charge is -2.07. The molecule has 94 valence electrons. The largest absolute Gasteiger partial charge is 0.352 e. The zero-order valence-corrected chi connectivity index (χ0v) is 12.3. The molecule has 1 rings (SSSR count). The van der Waals surface area contributed by atoms with Crippen molar-refractivity contribution in [2.45, 2.75) is 27.8 Å². The number of rotatable bonds is 7. The van der Waals surface area contributed by atoms with E-state index in [0.717, 1.165) is 14.4 Å². The van der Waals surface area contributed by atoms with Crippen LogP contribution in [0.25, 0.3) is 0 Å². The van der Waals surface area contributed by atoms with Gasteiger partial charge in [0.15, 0.2) is 8.68 Å². The third-order valence-corrected chi connectivity index (χ3v) is 4.85. The average molecular weight is 289 g/mol. The third-order valence-electron chi connectivity index (χ3n) is 1.72. The average Bonchev–Trinajstić information content (AvgIpc) is 2.74.